The van der Waals surface area contributed by atoms with Crippen molar-refractivity contribution < 1.29 is 17.9 Å². The van der Waals surface area contributed by atoms with E-state index in [1.807, 2.05) is 38.1 Å². The van der Waals surface area contributed by atoms with Crippen molar-refractivity contribution in [2.45, 2.75) is 26.7 Å². The van der Waals surface area contributed by atoms with Gasteiger partial charge in [-0.3, -0.25) is 9.10 Å². The first-order chi connectivity index (χ1) is 12.8. The summed E-state index contributed by atoms with van der Waals surface area (Å²) >= 11 is 0. The summed E-state index contributed by atoms with van der Waals surface area (Å²) in [5.41, 5.74) is 2.31. The van der Waals surface area contributed by atoms with E-state index in [0.717, 1.165) is 17.5 Å². The van der Waals surface area contributed by atoms with E-state index in [-0.39, 0.29) is 18.9 Å². The number of aryl methyl sites for hydroxylation is 1. The molecule has 2 rings (SSSR count). The third-order valence-electron chi connectivity index (χ3n) is 4.02. The van der Waals surface area contributed by atoms with E-state index in [0.29, 0.717) is 24.5 Å². The highest BCUT2D eigenvalue weighted by atomic mass is 32.2. The smallest absolute Gasteiger partial charge is 0.232 e. The number of anilines is 2. The van der Waals surface area contributed by atoms with Crippen LogP contribution in [0.5, 0.6) is 5.75 Å². The number of sulfonamides is 1. The van der Waals surface area contributed by atoms with Gasteiger partial charge in [0.25, 0.3) is 0 Å². The average Bonchev–Trinajstić information content (AvgIpc) is 2.61. The third kappa shape index (κ3) is 6.29. The highest BCUT2D eigenvalue weighted by Crippen LogP contribution is 2.22. The number of hydrogen-bond donors (Lipinski definition) is 1. The molecule has 27 heavy (non-hydrogen) atoms. The fraction of sp³-hybridized carbons (Fsp3) is 0.350. The van der Waals surface area contributed by atoms with Crippen LogP contribution in [0.2, 0.25) is 0 Å². The number of rotatable bonds is 9. The van der Waals surface area contributed by atoms with E-state index in [9.17, 15) is 13.2 Å². The van der Waals surface area contributed by atoms with Crippen LogP contribution in [0.3, 0.4) is 0 Å². The van der Waals surface area contributed by atoms with Gasteiger partial charge in [-0.2, -0.15) is 0 Å². The van der Waals surface area contributed by atoms with Crippen molar-refractivity contribution in [3.63, 3.8) is 0 Å². The number of ether oxygens (including phenoxy) is 1. The molecule has 0 radical (unpaired) electrons. The Morgan fingerprint density at radius 2 is 1.78 bits per heavy atom. The zero-order valence-corrected chi connectivity index (χ0v) is 16.8. The lowest BCUT2D eigenvalue weighted by molar-refractivity contribution is -0.116. The fourth-order valence-electron chi connectivity index (χ4n) is 2.67. The first-order valence-electron chi connectivity index (χ1n) is 8.87. The van der Waals surface area contributed by atoms with Gasteiger partial charge in [0.1, 0.15) is 5.75 Å². The summed E-state index contributed by atoms with van der Waals surface area (Å²) in [6.45, 7) is 4.59. The van der Waals surface area contributed by atoms with Crippen molar-refractivity contribution in [1.82, 2.24) is 0 Å². The minimum atomic E-state index is -3.45. The number of nitrogens with one attached hydrogen (secondary N) is 1. The molecular weight excluding hydrogens is 364 g/mol. The average molecular weight is 391 g/mol. The molecule has 0 aromatic heterocycles. The zero-order chi connectivity index (χ0) is 19.9. The second-order valence-electron chi connectivity index (χ2n) is 6.23. The Hall–Kier alpha value is -2.54. The molecule has 2 aromatic carbocycles. The van der Waals surface area contributed by atoms with Crippen LogP contribution in [0, 0.1) is 6.92 Å². The van der Waals surface area contributed by atoms with Crippen LogP contribution in [-0.4, -0.2) is 33.7 Å². The van der Waals surface area contributed by atoms with Gasteiger partial charge in [-0.05, 0) is 56.2 Å². The van der Waals surface area contributed by atoms with Gasteiger partial charge in [-0.15, -0.1) is 0 Å². The maximum Gasteiger partial charge on any atom is 0.232 e. The first-order valence-corrected chi connectivity index (χ1v) is 10.7. The number of nitrogens with zero attached hydrogens (tertiary/aromatic N) is 1. The first kappa shape index (κ1) is 20.8. The summed E-state index contributed by atoms with van der Waals surface area (Å²) in [5, 5.41) is 2.86. The molecule has 6 nitrogen and oxygen atoms in total. The molecule has 0 atom stereocenters. The number of para-hydroxylation sites is 1. The van der Waals surface area contributed by atoms with Crippen LogP contribution in [0.1, 0.15) is 25.3 Å². The monoisotopic (exact) mass is 390 g/mol. The van der Waals surface area contributed by atoms with Gasteiger partial charge in [0.2, 0.25) is 15.9 Å². The van der Waals surface area contributed by atoms with Gasteiger partial charge in [0.05, 0.1) is 18.6 Å². The summed E-state index contributed by atoms with van der Waals surface area (Å²) in [5.74, 6) is 0.553. The minimum absolute atomic E-state index is 0.135. The Morgan fingerprint density at radius 1 is 1.11 bits per heavy atom. The highest BCUT2D eigenvalue weighted by Gasteiger charge is 2.17. The van der Waals surface area contributed by atoms with E-state index in [4.69, 9.17) is 4.74 Å². The van der Waals surface area contributed by atoms with Crippen molar-refractivity contribution in [2.24, 2.45) is 0 Å². The van der Waals surface area contributed by atoms with Gasteiger partial charge in [0, 0.05) is 18.7 Å². The zero-order valence-electron chi connectivity index (χ0n) is 15.9. The number of carbonyl (C=O) groups excluding carboxylic acids is 1. The summed E-state index contributed by atoms with van der Waals surface area (Å²) in [6, 6.07) is 14.4. The molecule has 146 valence electrons. The van der Waals surface area contributed by atoms with E-state index < -0.39 is 10.0 Å². The van der Waals surface area contributed by atoms with Crippen molar-refractivity contribution in [3.8, 4) is 5.75 Å². The van der Waals surface area contributed by atoms with Gasteiger partial charge < -0.3 is 10.1 Å². The second-order valence-corrected chi connectivity index (χ2v) is 8.14. The van der Waals surface area contributed by atoms with Gasteiger partial charge in [-0.25, -0.2) is 8.42 Å². The highest BCUT2D eigenvalue weighted by molar-refractivity contribution is 7.92. The summed E-state index contributed by atoms with van der Waals surface area (Å²) in [6.07, 6.45) is 1.81. The fourth-order valence-corrected chi connectivity index (χ4v) is 3.64. The second kappa shape index (κ2) is 9.41. The standard InChI is InChI=1S/C20H26N2O4S/c1-4-26-18-13-11-17(12-14-18)22(27(3,24)25)15-7-10-20(23)21-19-9-6-5-8-16(19)2/h5-6,8-9,11-14H,4,7,10,15H2,1-3H3,(H,21,23). The van der Waals surface area contributed by atoms with E-state index >= 15 is 0 Å². The Balaban J connectivity index is 1.97. The lowest BCUT2D eigenvalue weighted by atomic mass is 10.2. The molecule has 0 saturated carbocycles. The molecular formula is C20H26N2O4S. The molecule has 0 bridgehead atoms. The van der Waals surface area contributed by atoms with Crippen molar-refractivity contribution in [2.75, 3.05) is 29.0 Å². The van der Waals surface area contributed by atoms with Crippen molar-refractivity contribution in [3.05, 3.63) is 54.1 Å². The molecule has 0 spiro atoms. The van der Waals surface area contributed by atoms with Gasteiger partial charge >= 0.3 is 0 Å². The topological polar surface area (TPSA) is 75.7 Å². The molecule has 1 N–H and O–H groups in total. The molecule has 7 heteroatoms. The van der Waals surface area contributed by atoms with Crippen LogP contribution in [0.25, 0.3) is 0 Å². The van der Waals surface area contributed by atoms with Crippen LogP contribution in [0.15, 0.2) is 48.5 Å². The SMILES string of the molecule is CCOc1ccc(N(CCCC(=O)Nc2ccccc2C)S(C)(=O)=O)cc1. The predicted octanol–water partition coefficient (Wildman–Crippen LogP) is 3.58. The molecule has 0 aliphatic heterocycles. The Kier molecular flexibility index (Phi) is 7.24. The van der Waals surface area contributed by atoms with Crippen LogP contribution < -0.4 is 14.4 Å². The number of benzene rings is 2. The van der Waals surface area contributed by atoms with Crippen molar-refractivity contribution in [1.29, 1.82) is 0 Å². The Morgan fingerprint density at radius 3 is 2.37 bits per heavy atom. The maximum atomic E-state index is 12.2. The van der Waals surface area contributed by atoms with Crippen molar-refractivity contribution >= 4 is 27.3 Å². The summed E-state index contributed by atoms with van der Waals surface area (Å²) in [7, 11) is -3.45. The van der Waals surface area contributed by atoms with E-state index in [2.05, 4.69) is 5.32 Å². The van der Waals surface area contributed by atoms with E-state index in [1.54, 1.807) is 24.3 Å². The molecule has 0 unspecified atom stereocenters. The third-order valence-corrected chi connectivity index (χ3v) is 5.21. The lowest BCUT2D eigenvalue weighted by Crippen LogP contribution is -2.31. The van der Waals surface area contributed by atoms with E-state index in [1.165, 1.54) is 4.31 Å². The maximum absolute atomic E-state index is 12.2. The normalized spacial score (nSPS) is 11.1. The van der Waals surface area contributed by atoms with Crippen LogP contribution >= 0.6 is 0 Å². The summed E-state index contributed by atoms with van der Waals surface area (Å²) in [4.78, 5) is 12.2. The molecule has 0 heterocycles. The van der Waals surface area contributed by atoms with Crippen LogP contribution in [-0.2, 0) is 14.8 Å². The Bertz CT molecular complexity index is 864. The number of carbonyl (C=O) groups is 1. The molecule has 2 aromatic rings. The summed E-state index contributed by atoms with van der Waals surface area (Å²) < 4.78 is 31.0. The minimum Gasteiger partial charge on any atom is -0.494 e. The molecule has 1 amide bonds. The van der Waals surface area contributed by atoms with Gasteiger partial charge in [0.15, 0.2) is 0 Å². The number of hydrogen-bond acceptors (Lipinski definition) is 4. The molecule has 0 aliphatic carbocycles. The van der Waals surface area contributed by atoms with Crippen LogP contribution in [0.4, 0.5) is 11.4 Å². The molecule has 0 fully saturated rings. The number of amides is 1. The predicted molar refractivity (Wildman–Crippen MR) is 109 cm³/mol. The quantitative estimate of drug-likeness (QED) is 0.710. The molecule has 0 saturated heterocycles. The largest absolute Gasteiger partial charge is 0.494 e. The lowest BCUT2D eigenvalue weighted by Gasteiger charge is -2.22. The molecule has 0 aliphatic rings. The van der Waals surface area contributed by atoms with Gasteiger partial charge in [-0.1, -0.05) is 18.2 Å². The Labute approximate surface area is 161 Å².